The van der Waals surface area contributed by atoms with Crippen LogP contribution in [0.25, 0.3) is 0 Å². The fourth-order valence-electron chi connectivity index (χ4n) is 7.26. The molecule has 0 aliphatic rings. The third-order valence-electron chi connectivity index (χ3n) is 11.5. The number of allylic oxidation sites excluding steroid dienone is 26. The molecule has 0 saturated heterocycles. The topological polar surface area (TPSA) is 78.9 Å². The summed E-state index contributed by atoms with van der Waals surface area (Å²) in [6.45, 7) is 6.30. The van der Waals surface area contributed by atoms with Crippen LogP contribution >= 0.6 is 0 Å². The van der Waals surface area contributed by atoms with Gasteiger partial charge in [0.1, 0.15) is 13.2 Å². The van der Waals surface area contributed by atoms with Crippen molar-refractivity contribution < 1.29 is 28.6 Å². The van der Waals surface area contributed by atoms with E-state index in [4.69, 9.17) is 14.2 Å². The Bertz CT molecular complexity index is 1670. The number of unbranched alkanes of at least 4 members (excludes halogenated alkanes) is 13. The van der Waals surface area contributed by atoms with Gasteiger partial charge in [-0.05, 0) is 122 Å². The molecule has 73 heavy (non-hydrogen) atoms. The van der Waals surface area contributed by atoms with Crippen LogP contribution in [0, 0.1) is 0 Å². The van der Waals surface area contributed by atoms with Gasteiger partial charge in [0.25, 0.3) is 0 Å². The van der Waals surface area contributed by atoms with Crippen molar-refractivity contribution in [2.24, 2.45) is 0 Å². The van der Waals surface area contributed by atoms with E-state index in [0.29, 0.717) is 19.3 Å². The fraction of sp³-hybridized carbons (Fsp3) is 0.567. The molecular formula is C67H104O6. The second-order valence-electron chi connectivity index (χ2n) is 18.4. The number of carbonyl (C=O) groups is 3. The first kappa shape index (κ1) is 68.0. The lowest BCUT2D eigenvalue weighted by Crippen LogP contribution is -2.30. The zero-order valence-electron chi connectivity index (χ0n) is 46.6. The molecule has 0 aromatic heterocycles. The Balaban J connectivity index is 4.50. The van der Waals surface area contributed by atoms with E-state index >= 15 is 0 Å². The highest BCUT2D eigenvalue weighted by molar-refractivity contribution is 5.71. The predicted molar refractivity (Wildman–Crippen MR) is 315 cm³/mol. The largest absolute Gasteiger partial charge is 0.462 e. The molecule has 0 bridgehead atoms. The van der Waals surface area contributed by atoms with Crippen molar-refractivity contribution in [3.63, 3.8) is 0 Å². The summed E-state index contributed by atoms with van der Waals surface area (Å²) in [5, 5.41) is 0. The van der Waals surface area contributed by atoms with Crippen LogP contribution in [0.4, 0.5) is 0 Å². The minimum atomic E-state index is -0.832. The van der Waals surface area contributed by atoms with Gasteiger partial charge < -0.3 is 14.2 Å². The van der Waals surface area contributed by atoms with Crippen molar-refractivity contribution in [2.45, 2.75) is 232 Å². The Morgan fingerprint density at radius 3 is 0.877 bits per heavy atom. The van der Waals surface area contributed by atoms with Crippen molar-refractivity contribution >= 4 is 17.9 Å². The summed E-state index contributed by atoms with van der Waals surface area (Å²) in [6, 6.07) is 0. The van der Waals surface area contributed by atoms with Gasteiger partial charge in [0.15, 0.2) is 6.10 Å². The molecule has 0 spiro atoms. The first-order valence-electron chi connectivity index (χ1n) is 29.0. The van der Waals surface area contributed by atoms with E-state index in [0.717, 1.165) is 122 Å². The minimum Gasteiger partial charge on any atom is -0.462 e. The monoisotopic (exact) mass is 1000 g/mol. The Morgan fingerprint density at radius 1 is 0.288 bits per heavy atom. The lowest BCUT2D eigenvalue weighted by molar-refractivity contribution is -0.167. The summed E-state index contributed by atoms with van der Waals surface area (Å²) in [6.07, 6.45) is 86.7. The SMILES string of the molecule is CC/C=C\C/C=C\C/C=C\C/C=C\C/C=C\C/C=C\C/C=C\C/C=C\CCCCC(=O)OCC(COC(=O)CCCCCCCCCCCCC)OC(=O)CCC/C=C\C/C=C\C/C=C\C/C=C\C/C=C\CC. The smallest absolute Gasteiger partial charge is 0.306 e. The van der Waals surface area contributed by atoms with E-state index in [1.54, 1.807) is 0 Å². The van der Waals surface area contributed by atoms with Gasteiger partial charge in [-0.15, -0.1) is 0 Å². The lowest BCUT2D eigenvalue weighted by Gasteiger charge is -2.18. The van der Waals surface area contributed by atoms with Crippen LogP contribution in [0.3, 0.4) is 0 Å². The first-order chi connectivity index (χ1) is 36.0. The number of hydrogen-bond acceptors (Lipinski definition) is 6. The summed E-state index contributed by atoms with van der Waals surface area (Å²) in [4.78, 5) is 38.1. The predicted octanol–water partition coefficient (Wildman–Crippen LogP) is 19.8. The highest BCUT2D eigenvalue weighted by Gasteiger charge is 2.19. The molecule has 0 aromatic carbocycles. The zero-order valence-corrected chi connectivity index (χ0v) is 46.6. The molecule has 0 aromatic rings. The quantitative estimate of drug-likeness (QED) is 0.0261. The van der Waals surface area contributed by atoms with E-state index in [1.165, 1.54) is 51.4 Å². The van der Waals surface area contributed by atoms with E-state index in [2.05, 4.69) is 179 Å². The molecule has 0 saturated carbocycles. The first-order valence-corrected chi connectivity index (χ1v) is 29.0. The van der Waals surface area contributed by atoms with Gasteiger partial charge in [0.2, 0.25) is 0 Å². The molecule has 0 rings (SSSR count). The number of ether oxygens (including phenoxy) is 3. The molecule has 0 N–H and O–H groups in total. The molecule has 0 fully saturated rings. The summed E-state index contributed by atoms with van der Waals surface area (Å²) >= 11 is 0. The molecule has 0 amide bonds. The average Bonchev–Trinajstić information content (AvgIpc) is 3.39. The third-order valence-corrected chi connectivity index (χ3v) is 11.5. The van der Waals surface area contributed by atoms with Gasteiger partial charge >= 0.3 is 17.9 Å². The van der Waals surface area contributed by atoms with Gasteiger partial charge in [-0.1, -0.05) is 243 Å². The van der Waals surface area contributed by atoms with Crippen molar-refractivity contribution in [1.82, 2.24) is 0 Å². The minimum absolute atomic E-state index is 0.120. The number of hydrogen-bond donors (Lipinski definition) is 0. The standard InChI is InChI=1S/C67H104O6/c1-4-7-10-13-16-19-22-24-26-28-29-30-31-32-33-34-35-36-37-39-40-42-45-48-51-54-57-60-66(69)72-63-64(62-71-65(68)59-56-53-50-47-44-21-18-15-12-9-6-3)73-67(70)61-58-55-52-49-46-43-41-38-27-25-23-20-17-14-11-8-5-2/h7-8,10-11,16-17,19-20,24-27,29-30,32-33,35-36,39-41,43,45,48-49,52,64H,4-6,9,12-15,18,21-23,28,31,34,37-38,42,44,46-47,50-51,53-63H2,1-3H3/b10-7-,11-8-,19-16-,20-17-,26-24-,27-25-,30-29-,33-32-,36-35-,40-39-,43-41-,48-45-,52-49-. The number of carbonyl (C=O) groups excluding carboxylic acids is 3. The highest BCUT2D eigenvalue weighted by atomic mass is 16.6. The van der Waals surface area contributed by atoms with Gasteiger partial charge in [-0.2, -0.15) is 0 Å². The summed E-state index contributed by atoms with van der Waals surface area (Å²) < 4.78 is 16.7. The maximum absolute atomic E-state index is 12.8. The maximum atomic E-state index is 12.8. The molecule has 0 radical (unpaired) electrons. The Hall–Kier alpha value is -4.97. The molecule has 6 heteroatoms. The number of rotatable bonds is 50. The summed E-state index contributed by atoms with van der Waals surface area (Å²) in [7, 11) is 0. The molecular weight excluding hydrogens is 901 g/mol. The molecule has 6 nitrogen and oxygen atoms in total. The van der Waals surface area contributed by atoms with Crippen LogP contribution in [0.2, 0.25) is 0 Å². The molecule has 0 aliphatic heterocycles. The van der Waals surface area contributed by atoms with Crippen LogP contribution in [-0.2, 0) is 28.6 Å². The van der Waals surface area contributed by atoms with Crippen LogP contribution in [0.5, 0.6) is 0 Å². The Kier molecular flexibility index (Phi) is 55.5. The molecule has 408 valence electrons. The summed E-state index contributed by atoms with van der Waals surface area (Å²) in [5.41, 5.74) is 0. The maximum Gasteiger partial charge on any atom is 0.306 e. The van der Waals surface area contributed by atoms with Crippen molar-refractivity contribution in [3.05, 3.63) is 158 Å². The van der Waals surface area contributed by atoms with Crippen molar-refractivity contribution in [2.75, 3.05) is 13.2 Å². The molecule has 1 unspecified atom stereocenters. The lowest BCUT2D eigenvalue weighted by atomic mass is 10.1. The van der Waals surface area contributed by atoms with E-state index in [-0.39, 0.29) is 44.0 Å². The summed E-state index contributed by atoms with van der Waals surface area (Å²) in [5.74, 6) is -1.03. The Labute approximate surface area is 448 Å². The molecule has 1 atom stereocenters. The average molecular weight is 1010 g/mol. The second kappa shape index (κ2) is 59.6. The Morgan fingerprint density at radius 2 is 0.548 bits per heavy atom. The van der Waals surface area contributed by atoms with E-state index in [1.807, 2.05) is 0 Å². The highest BCUT2D eigenvalue weighted by Crippen LogP contribution is 2.13. The van der Waals surface area contributed by atoms with Gasteiger partial charge in [-0.25, -0.2) is 0 Å². The zero-order chi connectivity index (χ0) is 52.9. The van der Waals surface area contributed by atoms with Crippen molar-refractivity contribution in [1.29, 1.82) is 0 Å². The van der Waals surface area contributed by atoms with Crippen LogP contribution in [0.1, 0.15) is 226 Å². The van der Waals surface area contributed by atoms with Gasteiger partial charge in [-0.3, -0.25) is 14.4 Å². The third kappa shape index (κ3) is 57.8. The fourth-order valence-corrected chi connectivity index (χ4v) is 7.26. The van der Waals surface area contributed by atoms with Crippen LogP contribution in [0.15, 0.2) is 158 Å². The normalized spacial score (nSPS) is 13.3. The van der Waals surface area contributed by atoms with Gasteiger partial charge in [0.05, 0.1) is 0 Å². The molecule has 0 heterocycles. The van der Waals surface area contributed by atoms with E-state index in [9.17, 15) is 14.4 Å². The van der Waals surface area contributed by atoms with Crippen molar-refractivity contribution in [3.8, 4) is 0 Å². The van der Waals surface area contributed by atoms with Gasteiger partial charge in [0, 0.05) is 19.3 Å². The van der Waals surface area contributed by atoms with Crippen LogP contribution in [-0.4, -0.2) is 37.2 Å². The van der Waals surface area contributed by atoms with Crippen LogP contribution < -0.4 is 0 Å². The molecule has 0 aliphatic carbocycles. The second-order valence-corrected chi connectivity index (χ2v) is 18.4. The van der Waals surface area contributed by atoms with E-state index < -0.39 is 6.10 Å². The number of esters is 3.